The van der Waals surface area contributed by atoms with E-state index in [0.717, 1.165) is 9.79 Å². The molecular formula is C34H18N8O2S4. The normalized spacial score (nSPS) is 11.7. The van der Waals surface area contributed by atoms with E-state index in [0.29, 0.717) is 62.8 Å². The van der Waals surface area contributed by atoms with Crippen molar-refractivity contribution in [1.82, 2.24) is 39.0 Å². The third-order valence-corrected chi connectivity index (χ3v) is 11.5. The summed E-state index contributed by atoms with van der Waals surface area (Å²) in [4.78, 5) is 59.2. The Labute approximate surface area is 286 Å². The Bertz CT molecular complexity index is 2590. The van der Waals surface area contributed by atoms with E-state index in [-0.39, 0.29) is 11.1 Å². The van der Waals surface area contributed by atoms with Gasteiger partial charge in [-0.15, -0.1) is 22.7 Å². The Morgan fingerprint density at radius 1 is 0.479 bits per heavy atom. The van der Waals surface area contributed by atoms with Crippen molar-refractivity contribution < 1.29 is 0 Å². The molecule has 0 saturated carbocycles. The first-order valence-electron chi connectivity index (χ1n) is 14.5. The lowest BCUT2D eigenvalue weighted by Crippen LogP contribution is -2.22. The molecule has 0 N–H and O–H groups in total. The lowest BCUT2D eigenvalue weighted by molar-refractivity contribution is 0.810. The molecule has 0 unspecified atom stereocenters. The summed E-state index contributed by atoms with van der Waals surface area (Å²) >= 11 is 5.33. The molecule has 0 aliphatic carbocycles. The second kappa shape index (κ2) is 11.8. The zero-order valence-electron chi connectivity index (χ0n) is 24.4. The van der Waals surface area contributed by atoms with Crippen LogP contribution in [-0.4, -0.2) is 39.0 Å². The summed E-state index contributed by atoms with van der Waals surface area (Å²) in [6.07, 6.45) is 6.43. The molecule has 230 valence electrons. The van der Waals surface area contributed by atoms with Crippen molar-refractivity contribution >= 4 is 87.3 Å². The molecule has 9 rings (SSSR count). The molecule has 10 nitrogen and oxygen atoms in total. The van der Waals surface area contributed by atoms with Crippen LogP contribution in [0.1, 0.15) is 0 Å². The number of hydrogen-bond donors (Lipinski definition) is 0. The zero-order valence-corrected chi connectivity index (χ0v) is 27.7. The maximum Gasteiger partial charge on any atom is 0.276 e. The fourth-order valence-electron chi connectivity index (χ4n) is 5.33. The van der Waals surface area contributed by atoms with Crippen LogP contribution in [0.15, 0.2) is 139 Å². The van der Waals surface area contributed by atoms with Gasteiger partial charge in [0, 0.05) is 34.6 Å². The van der Waals surface area contributed by atoms with E-state index >= 15 is 0 Å². The van der Waals surface area contributed by atoms with Crippen LogP contribution in [0, 0.1) is 0 Å². The van der Waals surface area contributed by atoms with Crippen LogP contribution >= 0.6 is 46.2 Å². The molecule has 0 atom stereocenters. The molecule has 0 aliphatic heterocycles. The van der Waals surface area contributed by atoms with Crippen LogP contribution in [0.4, 0.5) is 0 Å². The molecule has 6 aromatic heterocycles. The molecule has 0 spiro atoms. The van der Waals surface area contributed by atoms with Crippen molar-refractivity contribution in [1.29, 1.82) is 0 Å². The van der Waals surface area contributed by atoms with E-state index in [4.69, 9.17) is 9.97 Å². The van der Waals surface area contributed by atoms with E-state index in [2.05, 4.69) is 19.9 Å². The van der Waals surface area contributed by atoms with Crippen molar-refractivity contribution in [2.24, 2.45) is 0 Å². The lowest BCUT2D eigenvalue weighted by Gasteiger charge is -2.15. The fraction of sp³-hybridized carbons (Fsp3) is 0. The second-order valence-electron chi connectivity index (χ2n) is 10.4. The van der Waals surface area contributed by atoms with Crippen molar-refractivity contribution in [2.75, 3.05) is 0 Å². The van der Waals surface area contributed by atoms with Crippen molar-refractivity contribution in [3.05, 3.63) is 130 Å². The summed E-state index contributed by atoms with van der Waals surface area (Å²) in [5, 5.41) is 0.977. The third-order valence-electron chi connectivity index (χ3n) is 7.47. The largest absolute Gasteiger partial charge is 0.276 e. The van der Waals surface area contributed by atoms with E-state index in [1.54, 1.807) is 33.9 Å². The van der Waals surface area contributed by atoms with E-state index in [9.17, 15) is 9.59 Å². The summed E-state index contributed by atoms with van der Waals surface area (Å²) < 4.78 is 4.15. The molecule has 0 bridgehead atoms. The molecular weight excluding hydrogens is 681 g/mol. The van der Waals surface area contributed by atoms with Gasteiger partial charge in [-0.2, -0.15) is 0 Å². The van der Waals surface area contributed by atoms with Gasteiger partial charge >= 0.3 is 0 Å². The molecule has 0 amide bonds. The van der Waals surface area contributed by atoms with Crippen LogP contribution in [0.2, 0.25) is 0 Å². The fourth-order valence-corrected chi connectivity index (χ4v) is 9.11. The van der Waals surface area contributed by atoms with Crippen LogP contribution in [-0.2, 0) is 0 Å². The average molecular weight is 699 g/mol. The predicted octanol–water partition coefficient (Wildman–Crippen LogP) is 7.40. The van der Waals surface area contributed by atoms with Gasteiger partial charge < -0.3 is 0 Å². The first-order valence-corrected chi connectivity index (χ1v) is 17.8. The van der Waals surface area contributed by atoms with Crippen molar-refractivity contribution in [3.8, 4) is 11.4 Å². The lowest BCUT2D eigenvalue weighted by atomic mass is 10.2. The van der Waals surface area contributed by atoms with Gasteiger partial charge in [0.15, 0.2) is 10.3 Å². The molecule has 6 heterocycles. The quantitative estimate of drug-likeness (QED) is 0.163. The molecule has 0 aliphatic rings. The number of fused-ring (bicyclic) bond motifs is 6. The van der Waals surface area contributed by atoms with Crippen molar-refractivity contribution in [2.45, 2.75) is 20.1 Å². The smallest absolute Gasteiger partial charge is 0.267 e. The van der Waals surface area contributed by atoms with Crippen LogP contribution in [0.25, 0.3) is 52.5 Å². The van der Waals surface area contributed by atoms with E-state index in [1.165, 1.54) is 46.2 Å². The standard InChI is InChI=1S/C34H18N8O2S4/c43-31-27-23(25-29(47-27)37-17-15-35-25)39-33(45-21-7-3-1-4-8-21)41(31)19-11-13-20(14-12-19)42-32(44)28-24(26-30(48-28)38-18-16-36-26)40-34(42)46-22-9-5-2-6-10-22/h1-18H. The number of thiophene rings is 2. The van der Waals surface area contributed by atoms with E-state index < -0.39 is 0 Å². The first-order chi connectivity index (χ1) is 23.6. The predicted molar refractivity (Wildman–Crippen MR) is 191 cm³/mol. The van der Waals surface area contributed by atoms with Gasteiger partial charge in [-0.1, -0.05) is 59.9 Å². The highest BCUT2D eigenvalue weighted by atomic mass is 32.2. The van der Waals surface area contributed by atoms with E-state index in [1.807, 2.05) is 84.9 Å². The second-order valence-corrected chi connectivity index (χ2v) is 14.5. The SMILES string of the molecule is O=c1c2sc3nccnc3c2nc(Sc2ccccc2)n1-c1ccc(-n2c(Sc3ccccc3)nc3c(sc4nccnc43)c2=O)cc1. The van der Waals surface area contributed by atoms with Crippen LogP contribution in [0.3, 0.4) is 0 Å². The maximum absolute atomic E-state index is 14.2. The Morgan fingerprint density at radius 3 is 1.29 bits per heavy atom. The monoisotopic (exact) mass is 698 g/mol. The Morgan fingerprint density at radius 2 is 0.875 bits per heavy atom. The Hall–Kier alpha value is -5.28. The minimum Gasteiger partial charge on any atom is -0.267 e. The summed E-state index contributed by atoms with van der Waals surface area (Å²) in [6.45, 7) is 0. The maximum atomic E-state index is 14.2. The number of benzene rings is 3. The molecule has 3 aromatic carbocycles. The average Bonchev–Trinajstić information content (AvgIpc) is 3.69. The molecule has 14 heteroatoms. The Balaban J connectivity index is 1.22. The number of aromatic nitrogens is 8. The molecule has 9 aromatic rings. The van der Waals surface area contributed by atoms with Gasteiger partial charge in [-0.25, -0.2) is 29.9 Å². The van der Waals surface area contributed by atoms with Gasteiger partial charge in [0.2, 0.25) is 0 Å². The van der Waals surface area contributed by atoms with Crippen molar-refractivity contribution in [3.63, 3.8) is 0 Å². The Kier molecular flexibility index (Phi) is 7.08. The highest BCUT2D eigenvalue weighted by Crippen LogP contribution is 2.35. The third kappa shape index (κ3) is 4.88. The minimum atomic E-state index is -0.221. The molecule has 48 heavy (non-hydrogen) atoms. The summed E-state index contributed by atoms with van der Waals surface area (Å²) in [7, 11) is 0. The molecule has 0 fully saturated rings. The minimum absolute atomic E-state index is 0.221. The van der Waals surface area contributed by atoms with Crippen LogP contribution < -0.4 is 11.1 Å². The zero-order chi connectivity index (χ0) is 32.2. The summed E-state index contributed by atoms with van der Waals surface area (Å²) in [5.74, 6) is 0. The van der Waals surface area contributed by atoms with Gasteiger partial charge in [0.25, 0.3) is 11.1 Å². The topological polar surface area (TPSA) is 121 Å². The number of hydrogen-bond acceptors (Lipinski definition) is 12. The number of rotatable bonds is 6. The molecule has 0 radical (unpaired) electrons. The van der Waals surface area contributed by atoms with Gasteiger partial charge in [-0.05, 0) is 48.5 Å². The highest BCUT2D eigenvalue weighted by Gasteiger charge is 2.22. The first kappa shape index (κ1) is 28.9. The molecule has 0 saturated heterocycles. The van der Waals surface area contributed by atoms with Gasteiger partial charge in [-0.3, -0.25) is 18.7 Å². The van der Waals surface area contributed by atoms with Gasteiger partial charge in [0.05, 0.1) is 11.4 Å². The number of nitrogens with zero attached hydrogens (tertiary/aromatic N) is 8. The van der Waals surface area contributed by atoms with Crippen LogP contribution in [0.5, 0.6) is 0 Å². The highest BCUT2D eigenvalue weighted by molar-refractivity contribution is 7.99. The summed E-state index contributed by atoms with van der Waals surface area (Å²) in [5.41, 5.74) is 3.02. The van der Waals surface area contributed by atoms with Gasteiger partial charge in [0.1, 0.15) is 41.1 Å². The summed E-state index contributed by atoms with van der Waals surface area (Å²) in [6, 6.07) is 26.9.